The molecule has 0 saturated carbocycles. The van der Waals surface area contributed by atoms with E-state index in [9.17, 15) is 9.59 Å². The summed E-state index contributed by atoms with van der Waals surface area (Å²) in [7, 11) is 1.31. The summed E-state index contributed by atoms with van der Waals surface area (Å²) in [5.41, 5.74) is 7.37. The monoisotopic (exact) mass is 451 g/mol. The third-order valence-electron chi connectivity index (χ3n) is 5.16. The molecule has 0 aliphatic carbocycles. The van der Waals surface area contributed by atoms with Crippen LogP contribution < -0.4 is 20.9 Å². The molecule has 172 valence electrons. The number of aromatic nitrogens is 4. The minimum Gasteiger partial charge on any atom is -0.482 e. The van der Waals surface area contributed by atoms with Crippen LogP contribution in [0.2, 0.25) is 0 Å². The molecule has 0 amide bonds. The van der Waals surface area contributed by atoms with Gasteiger partial charge in [-0.1, -0.05) is 31.5 Å². The van der Waals surface area contributed by atoms with Crippen LogP contribution in [0.25, 0.3) is 21.9 Å². The normalized spacial score (nSPS) is 11.1. The van der Waals surface area contributed by atoms with E-state index >= 15 is 0 Å². The van der Waals surface area contributed by atoms with Crippen molar-refractivity contribution in [1.29, 1.82) is 0 Å². The summed E-state index contributed by atoms with van der Waals surface area (Å²) in [6, 6.07) is 11.5. The van der Waals surface area contributed by atoms with Gasteiger partial charge >= 0.3 is 17.7 Å². The van der Waals surface area contributed by atoms with Crippen molar-refractivity contribution < 1.29 is 19.0 Å². The number of nitrogens with two attached hydrogens (primary N) is 1. The predicted octanol–water partition coefficient (Wildman–Crippen LogP) is 2.63. The van der Waals surface area contributed by atoms with Crippen LogP contribution in [0, 0.1) is 0 Å². The van der Waals surface area contributed by atoms with E-state index in [1.54, 1.807) is 6.07 Å². The number of benzene rings is 2. The minimum absolute atomic E-state index is 0.152. The van der Waals surface area contributed by atoms with Gasteiger partial charge in [0.25, 0.3) is 0 Å². The molecular formula is C23H25N5O5. The Morgan fingerprint density at radius 1 is 1.12 bits per heavy atom. The Bertz CT molecular complexity index is 1360. The first-order valence-electron chi connectivity index (χ1n) is 10.6. The highest BCUT2D eigenvalue weighted by molar-refractivity contribution is 5.85. The second-order valence-electron chi connectivity index (χ2n) is 7.52. The van der Waals surface area contributed by atoms with Gasteiger partial charge in [-0.3, -0.25) is 4.57 Å². The third-order valence-corrected chi connectivity index (χ3v) is 5.16. The number of aromatic amines is 1. The molecule has 4 rings (SSSR count). The predicted molar refractivity (Wildman–Crippen MR) is 124 cm³/mol. The molecule has 0 unspecified atom stereocenters. The zero-order valence-corrected chi connectivity index (χ0v) is 18.5. The Morgan fingerprint density at radius 2 is 1.91 bits per heavy atom. The number of imidazole rings is 1. The number of methoxy groups -OCH3 is 1. The van der Waals surface area contributed by atoms with Crippen molar-refractivity contribution in [2.24, 2.45) is 0 Å². The summed E-state index contributed by atoms with van der Waals surface area (Å²) in [6.07, 6.45) is 1.85. The first-order valence-corrected chi connectivity index (χ1v) is 10.6. The summed E-state index contributed by atoms with van der Waals surface area (Å²) < 4.78 is 17.1. The molecule has 2 aromatic carbocycles. The number of unbranched alkanes of at least 4 members (excludes halogenated alkanes) is 1. The molecule has 0 atom stereocenters. The lowest BCUT2D eigenvalue weighted by Crippen LogP contribution is -2.17. The number of H-pyrrole nitrogens is 1. The van der Waals surface area contributed by atoms with E-state index in [0.29, 0.717) is 30.1 Å². The summed E-state index contributed by atoms with van der Waals surface area (Å²) in [5, 5.41) is 1.90. The third kappa shape index (κ3) is 4.89. The van der Waals surface area contributed by atoms with Crippen molar-refractivity contribution in [3.63, 3.8) is 0 Å². The second-order valence-corrected chi connectivity index (χ2v) is 7.52. The van der Waals surface area contributed by atoms with Gasteiger partial charge in [0.1, 0.15) is 11.3 Å². The fourth-order valence-corrected chi connectivity index (χ4v) is 3.40. The molecule has 0 bridgehead atoms. The van der Waals surface area contributed by atoms with Crippen LogP contribution in [0.1, 0.15) is 25.3 Å². The van der Waals surface area contributed by atoms with E-state index in [2.05, 4.69) is 26.6 Å². The molecule has 0 spiro atoms. The van der Waals surface area contributed by atoms with Crippen LogP contribution in [0.3, 0.4) is 0 Å². The molecule has 33 heavy (non-hydrogen) atoms. The van der Waals surface area contributed by atoms with Crippen LogP contribution in [0.5, 0.6) is 11.8 Å². The zero-order valence-electron chi connectivity index (χ0n) is 18.5. The number of nitrogens with one attached hydrogen (secondary N) is 1. The Morgan fingerprint density at radius 3 is 2.70 bits per heavy atom. The van der Waals surface area contributed by atoms with Gasteiger partial charge in [-0.05, 0) is 41.0 Å². The number of hydrogen-bond acceptors (Lipinski definition) is 8. The van der Waals surface area contributed by atoms with Crippen LogP contribution in [-0.2, 0) is 16.1 Å². The topological polar surface area (TPSA) is 134 Å². The van der Waals surface area contributed by atoms with Gasteiger partial charge in [0.2, 0.25) is 0 Å². The van der Waals surface area contributed by atoms with Crippen molar-refractivity contribution in [2.75, 3.05) is 26.1 Å². The Kier molecular flexibility index (Phi) is 6.43. The molecule has 0 radical (unpaired) electrons. The molecule has 0 aliphatic rings. The standard InChI is InChI=1S/C23H25N5O5/c1-3-4-9-32-22-26-20(24)19-21(27-22)28(23(30)25-19)12-14-5-6-16-11-17(8-7-15(16)10-14)33-13-18(29)31-2/h5-8,10-11H,3-4,9,12-13H2,1-2H3,(H,25,30)(H2,24,26,27). The van der Waals surface area contributed by atoms with E-state index in [1.165, 1.54) is 11.7 Å². The van der Waals surface area contributed by atoms with E-state index in [1.807, 2.05) is 30.3 Å². The number of nitrogens with zero attached hydrogens (tertiary/aromatic N) is 3. The first kappa shape index (κ1) is 22.1. The minimum atomic E-state index is -0.446. The molecular weight excluding hydrogens is 426 g/mol. The van der Waals surface area contributed by atoms with Gasteiger partial charge in [0.15, 0.2) is 18.1 Å². The first-order chi connectivity index (χ1) is 16.0. The zero-order chi connectivity index (χ0) is 23.4. The average molecular weight is 451 g/mol. The van der Waals surface area contributed by atoms with Gasteiger partial charge in [-0.2, -0.15) is 9.97 Å². The number of nitrogen functional groups attached to an aromatic ring is 1. The SMILES string of the molecule is CCCCOc1nc(N)c2[nH]c(=O)n(Cc3ccc4cc(OCC(=O)OC)ccc4c3)c2n1. The Labute approximate surface area is 189 Å². The van der Waals surface area contributed by atoms with Crippen molar-refractivity contribution in [3.8, 4) is 11.8 Å². The second kappa shape index (κ2) is 9.60. The summed E-state index contributed by atoms with van der Waals surface area (Å²) >= 11 is 0. The van der Waals surface area contributed by atoms with Gasteiger partial charge in [-0.25, -0.2) is 9.59 Å². The van der Waals surface area contributed by atoms with E-state index < -0.39 is 5.97 Å². The van der Waals surface area contributed by atoms with Gasteiger partial charge in [-0.15, -0.1) is 0 Å². The summed E-state index contributed by atoms with van der Waals surface area (Å²) in [5.74, 6) is 0.287. The maximum Gasteiger partial charge on any atom is 0.343 e. The number of rotatable bonds is 9. The van der Waals surface area contributed by atoms with E-state index in [4.69, 9.17) is 15.2 Å². The molecule has 10 nitrogen and oxygen atoms in total. The molecule has 0 aliphatic heterocycles. The molecule has 2 heterocycles. The van der Waals surface area contributed by atoms with Crippen LogP contribution in [0.4, 0.5) is 5.82 Å². The average Bonchev–Trinajstić information content (AvgIpc) is 3.13. The molecule has 10 heteroatoms. The molecule has 4 aromatic rings. The fraction of sp³-hybridized carbons (Fsp3) is 0.304. The van der Waals surface area contributed by atoms with Crippen LogP contribution in [0.15, 0.2) is 41.2 Å². The lowest BCUT2D eigenvalue weighted by Gasteiger charge is -2.09. The van der Waals surface area contributed by atoms with Crippen molar-refractivity contribution >= 4 is 33.7 Å². The fourth-order valence-electron chi connectivity index (χ4n) is 3.40. The van der Waals surface area contributed by atoms with Crippen molar-refractivity contribution in [1.82, 2.24) is 19.5 Å². The molecule has 2 aromatic heterocycles. The summed E-state index contributed by atoms with van der Waals surface area (Å²) in [6.45, 7) is 2.68. The Balaban J connectivity index is 1.60. The van der Waals surface area contributed by atoms with Crippen LogP contribution in [-0.4, -0.2) is 45.8 Å². The number of carbonyl (C=O) groups excluding carboxylic acids is 1. The molecule has 3 N–H and O–H groups in total. The maximum atomic E-state index is 12.6. The number of esters is 1. The van der Waals surface area contributed by atoms with Crippen molar-refractivity contribution in [3.05, 3.63) is 52.4 Å². The number of hydrogen-bond donors (Lipinski definition) is 2. The van der Waals surface area contributed by atoms with Crippen molar-refractivity contribution in [2.45, 2.75) is 26.3 Å². The lowest BCUT2D eigenvalue weighted by molar-refractivity contribution is -0.142. The number of fused-ring (bicyclic) bond motifs is 2. The van der Waals surface area contributed by atoms with E-state index in [0.717, 1.165) is 29.2 Å². The van der Waals surface area contributed by atoms with Crippen LogP contribution >= 0.6 is 0 Å². The quantitative estimate of drug-likeness (QED) is 0.293. The number of carbonyl (C=O) groups is 1. The highest BCUT2D eigenvalue weighted by atomic mass is 16.6. The van der Waals surface area contributed by atoms with Gasteiger partial charge < -0.3 is 24.9 Å². The smallest absolute Gasteiger partial charge is 0.343 e. The number of anilines is 1. The van der Waals surface area contributed by atoms with Gasteiger partial charge in [0, 0.05) is 0 Å². The molecule has 0 fully saturated rings. The Hall–Kier alpha value is -4.08. The van der Waals surface area contributed by atoms with Gasteiger partial charge in [0.05, 0.1) is 20.3 Å². The lowest BCUT2D eigenvalue weighted by atomic mass is 10.1. The summed E-state index contributed by atoms with van der Waals surface area (Å²) in [4.78, 5) is 35.2. The highest BCUT2D eigenvalue weighted by Gasteiger charge is 2.15. The van der Waals surface area contributed by atoms with E-state index in [-0.39, 0.29) is 24.1 Å². The highest BCUT2D eigenvalue weighted by Crippen LogP contribution is 2.24. The molecule has 0 saturated heterocycles. The number of ether oxygens (including phenoxy) is 3. The largest absolute Gasteiger partial charge is 0.482 e. The maximum absolute atomic E-state index is 12.6.